The van der Waals surface area contributed by atoms with Gasteiger partial charge in [-0.15, -0.1) is 12.4 Å². The molecular weight excluding hydrogens is 301 g/mol. The number of alkyl halides is 3. The van der Waals surface area contributed by atoms with Gasteiger partial charge in [0.25, 0.3) is 0 Å². The number of rotatable bonds is 4. The van der Waals surface area contributed by atoms with Crippen LogP contribution in [-0.4, -0.2) is 31.1 Å². The van der Waals surface area contributed by atoms with Gasteiger partial charge in [0.15, 0.2) is 0 Å². The van der Waals surface area contributed by atoms with E-state index in [2.05, 4.69) is 10.2 Å². The molecule has 1 aromatic rings. The first-order valence-corrected chi connectivity index (χ1v) is 7.15. The lowest BCUT2D eigenvalue weighted by atomic mass is 9.94. The Labute approximate surface area is 130 Å². The van der Waals surface area contributed by atoms with E-state index in [0.29, 0.717) is 5.56 Å². The van der Waals surface area contributed by atoms with Gasteiger partial charge >= 0.3 is 6.18 Å². The Morgan fingerprint density at radius 3 is 2.38 bits per heavy atom. The Kier molecular flexibility index (Phi) is 6.97. The van der Waals surface area contributed by atoms with Crippen molar-refractivity contribution in [3.8, 4) is 0 Å². The van der Waals surface area contributed by atoms with E-state index < -0.39 is 11.7 Å². The summed E-state index contributed by atoms with van der Waals surface area (Å²) >= 11 is 0. The van der Waals surface area contributed by atoms with Gasteiger partial charge in [0.2, 0.25) is 0 Å². The second-order valence-corrected chi connectivity index (χ2v) is 5.18. The molecule has 2 nitrogen and oxygen atoms in total. The second kappa shape index (κ2) is 8.01. The Morgan fingerprint density at radius 2 is 1.81 bits per heavy atom. The van der Waals surface area contributed by atoms with Crippen LogP contribution in [0.5, 0.6) is 0 Å². The SMILES string of the molecule is CCC[C@H](c1ccccc1C(F)(F)F)N1CCNCC1.Cl. The summed E-state index contributed by atoms with van der Waals surface area (Å²) in [5.74, 6) is 0. The maximum Gasteiger partial charge on any atom is 0.416 e. The van der Waals surface area contributed by atoms with Crippen molar-refractivity contribution in [1.29, 1.82) is 0 Å². The van der Waals surface area contributed by atoms with E-state index in [9.17, 15) is 13.2 Å². The highest BCUT2D eigenvalue weighted by Crippen LogP contribution is 2.37. The molecule has 2 rings (SSSR count). The summed E-state index contributed by atoms with van der Waals surface area (Å²) in [5, 5.41) is 3.24. The van der Waals surface area contributed by atoms with Crippen LogP contribution < -0.4 is 5.32 Å². The number of halogens is 4. The van der Waals surface area contributed by atoms with Crippen LogP contribution in [0, 0.1) is 0 Å². The molecular formula is C15H22ClF3N2. The number of nitrogens with one attached hydrogen (secondary N) is 1. The van der Waals surface area contributed by atoms with Gasteiger partial charge < -0.3 is 5.32 Å². The van der Waals surface area contributed by atoms with Crippen LogP contribution in [0.3, 0.4) is 0 Å². The fourth-order valence-corrected chi connectivity index (χ4v) is 2.85. The van der Waals surface area contributed by atoms with Gasteiger partial charge in [-0.1, -0.05) is 31.5 Å². The Morgan fingerprint density at radius 1 is 1.19 bits per heavy atom. The fraction of sp³-hybridized carbons (Fsp3) is 0.600. The van der Waals surface area contributed by atoms with Gasteiger partial charge in [0.05, 0.1) is 5.56 Å². The summed E-state index contributed by atoms with van der Waals surface area (Å²) in [6.45, 7) is 5.31. The van der Waals surface area contributed by atoms with Crippen LogP contribution in [0.15, 0.2) is 24.3 Å². The van der Waals surface area contributed by atoms with Crippen molar-refractivity contribution in [2.24, 2.45) is 0 Å². The molecule has 1 atom stereocenters. The maximum absolute atomic E-state index is 13.2. The molecule has 1 aliphatic heterocycles. The normalized spacial score (nSPS) is 18.1. The van der Waals surface area contributed by atoms with Crippen LogP contribution in [0.2, 0.25) is 0 Å². The van der Waals surface area contributed by atoms with Crippen LogP contribution in [0.4, 0.5) is 13.2 Å². The smallest absolute Gasteiger partial charge is 0.314 e. The van der Waals surface area contributed by atoms with Crippen molar-refractivity contribution in [3.05, 3.63) is 35.4 Å². The second-order valence-electron chi connectivity index (χ2n) is 5.18. The van der Waals surface area contributed by atoms with Crippen LogP contribution in [-0.2, 0) is 6.18 Å². The van der Waals surface area contributed by atoms with Crippen molar-refractivity contribution in [1.82, 2.24) is 10.2 Å². The first-order valence-electron chi connectivity index (χ1n) is 7.15. The van der Waals surface area contributed by atoms with E-state index >= 15 is 0 Å². The standard InChI is InChI=1S/C15H21F3N2.ClH/c1-2-5-14(20-10-8-19-9-11-20)12-6-3-4-7-13(12)15(16,17)18;/h3-4,6-7,14,19H,2,5,8-11H2,1H3;1H/t14-;/m1./s1. The minimum absolute atomic E-state index is 0. The van der Waals surface area contributed by atoms with Crippen LogP contribution in [0.25, 0.3) is 0 Å². The van der Waals surface area contributed by atoms with Crippen molar-refractivity contribution in [2.75, 3.05) is 26.2 Å². The monoisotopic (exact) mass is 322 g/mol. The predicted octanol–water partition coefficient (Wildman–Crippen LogP) is 3.87. The van der Waals surface area contributed by atoms with Crippen molar-refractivity contribution in [3.63, 3.8) is 0 Å². The fourth-order valence-electron chi connectivity index (χ4n) is 2.85. The highest BCUT2D eigenvalue weighted by atomic mass is 35.5. The van der Waals surface area contributed by atoms with E-state index in [1.807, 2.05) is 6.92 Å². The summed E-state index contributed by atoms with van der Waals surface area (Å²) < 4.78 is 39.6. The third-order valence-electron chi connectivity index (χ3n) is 3.78. The molecule has 6 heteroatoms. The molecule has 0 bridgehead atoms. The van der Waals surface area contributed by atoms with Crippen molar-refractivity contribution in [2.45, 2.75) is 32.0 Å². The summed E-state index contributed by atoms with van der Waals surface area (Å²) in [4.78, 5) is 2.17. The minimum atomic E-state index is -4.28. The quantitative estimate of drug-likeness (QED) is 0.905. The van der Waals surface area contributed by atoms with Gasteiger partial charge in [-0.05, 0) is 18.1 Å². The Balaban J connectivity index is 0.00000220. The largest absolute Gasteiger partial charge is 0.416 e. The number of piperazine rings is 1. The molecule has 1 N–H and O–H groups in total. The molecule has 0 saturated carbocycles. The lowest BCUT2D eigenvalue weighted by Crippen LogP contribution is -2.45. The number of hydrogen-bond acceptors (Lipinski definition) is 2. The highest BCUT2D eigenvalue weighted by molar-refractivity contribution is 5.85. The predicted molar refractivity (Wildman–Crippen MR) is 80.8 cm³/mol. The van der Waals surface area contributed by atoms with E-state index in [1.54, 1.807) is 12.1 Å². The van der Waals surface area contributed by atoms with Gasteiger partial charge in [0, 0.05) is 32.2 Å². The first kappa shape index (κ1) is 18.3. The lowest BCUT2D eigenvalue weighted by molar-refractivity contribution is -0.138. The molecule has 120 valence electrons. The molecule has 1 fully saturated rings. The zero-order valence-corrected chi connectivity index (χ0v) is 12.9. The molecule has 0 spiro atoms. The van der Waals surface area contributed by atoms with Gasteiger partial charge in [-0.2, -0.15) is 13.2 Å². The number of benzene rings is 1. The summed E-state index contributed by atoms with van der Waals surface area (Å²) in [5.41, 5.74) is -0.0688. The molecule has 0 amide bonds. The molecule has 1 aliphatic rings. The zero-order valence-electron chi connectivity index (χ0n) is 12.1. The molecule has 21 heavy (non-hydrogen) atoms. The average molecular weight is 323 g/mol. The summed E-state index contributed by atoms with van der Waals surface area (Å²) in [6.07, 6.45) is -2.65. The van der Waals surface area contributed by atoms with Gasteiger partial charge in [0.1, 0.15) is 0 Å². The van der Waals surface area contributed by atoms with E-state index in [1.165, 1.54) is 12.1 Å². The minimum Gasteiger partial charge on any atom is -0.314 e. The van der Waals surface area contributed by atoms with E-state index in [0.717, 1.165) is 39.0 Å². The molecule has 0 radical (unpaired) electrons. The number of hydrogen-bond donors (Lipinski definition) is 1. The van der Waals surface area contributed by atoms with E-state index in [-0.39, 0.29) is 18.4 Å². The molecule has 1 aromatic carbocycles. The zero-order chi connectivity index (χ0) is 14.6. The molecule has 1 saturated heterocycles. The lowest BCUT2D eigenvalue weighted by Gasteiger charge is -2.36. The Hall–Kier alpha value is -0.780. The van der Waals surface area contributed by atoms with Crippen molar-refractivity contribution >= 4 is 12.4 Å². The van der Waals surface area contributed by atoms with E-state index in [4.69, 9.17) is 0 Å². The molecule has 0 unspecified atom stereocenters. The maximum atomic E-state index is 13.2. The average Bonchev–Trinajstić information content (AvgIpc) is 2.45. The third kappa shape index (κ3) is 4.59. The molecule has 0 aromatic heterocycles. The summed E-state index contributed by atoms with van der Waals surface area (Å²) in [7, 11) is 0. The molecule has 0 aliphatic carbocycles. The third-order valence-corrected chi connectivity index (χ3v) is 3.78. The highest BCUT2D eigenvalue weighted by Gasteiger charge is 2.36. The molecule has 1 heterocycles. The topological polar surface area (TPSA) is 15.3 Å². The number of nitrogens with zero attached hydrogens (tertiary/aromatic N) is 1. The van der Waals surface area contributed by atoms with Gasteiger partial charge in [-0.25, -0.2) is 0 Å². The van der Waals surface area contributed by atoms with Crippen LogP contribution in [0.1, 0.15) is 36.9 Å². The first-order chi connectivity index (χ1) is 9.54. The van der Waals surface area contributed by atoms with Crippen LogP contribution >= 0.6 is 12.4 Å². The summed E-state index contributed by atoms with van der Waals surface area (Å²) in [6, 6.07) is 5.85. The van der Waals surface area contributed by atoms with Crippen molar-refractivity contribution < 1.29 is 13.2 Å². The van der Waals surface area contributed by atoms with Gasteiger partial charge in [-0.3, -0.25) is 4.90 Å². The Bertz CT molecular complexity index is 431.